The van der Waals surface area contributed by atoms with Gasteiger partial charge in [-0.3, -0.25) is 9.79 Å². The molecule has 0 aliphatic heterocycles. The minimum atomic E-state index is 0.0128. The van der Waals surface area contributed by atoms with Crippen LogP contribution in [-0.2, 0) is 12.0 Å². The Morgan fingerprint density at radius 2 is 1.79 bits per heavy atom. The summed E-state index contributed by atoms with van der Waals surface area (Å²) in [4.78, 5) is 17.9. The van der Waals surface area contributed by atoms with Crippen LogP contribution in [0.3, 0.4) is 0 Å². The summed E-state index contributed by atoms with van der Waals surface area (Å²) < 4.78 is 1.17. The van der Waals surface area contributed by atoms with Gasteiger partial charge in [0.2, 0.25) is 0 Å². The first-order valence-electron chi connectivity index (χ1n) is 9.45. The van der Waals surface area contributed by atoms with Crippen LogP contribution in [0, 0.1) is 0 Å². The van der Waals surface area contributed by atoms with E-state index in [1.54, 1.807) is 26.0 Å². The van der Waals surface area contributed by atoms with Crippen molar-refractivity contribution < 1.29 is 4.79 Å². The summed E-state index contributed by atoms with van der Waals surface area (Å²) >= 11 is 3.68. The van der Waals surface area contributed by atoms with E-state index in [1.807, 2.05) is 24.3 Å². The molecule has 3 rings (SSSR count). The Kier molecular flexibility index (Phi) is 6.39. The van der Waals surface area contributed by atoms with Gasteiger partial charge < -0.3 is 15.5 Å². The van der Waals surface area contributed by atoms with Gasteiger partial charge in [0.05, 0.1) is 0 Å². The second kappa shape index (κ2) is 8.78. The molecule has 0 radical (unpaired) electrons. The smallest absolute Gasteiger partial charge is 0.253 e. The van der Waals surface area contributed by atoms with Gasteiger partial charge in [-0.15, -0.1) is 0 Å². The topological polar surface area (TPSA) is 56.7 Å². The fraction of sp³-hybridized carbons (Fsp3) is 0.364. The van der Waals surface area contributed by atoms with E-state index < -0.39 is 0 Å². The van der Waals surface area contributed by atoms with Gasteiger partial charge in [0.15, 0.2) is 5.96 Å². The molecule has 1 fully saturated rings. The van der Waals surface area contributed by atoms with Gasteiger partial charge in [0, 0.05) is 49.7 Å². The van der Waals surface area contributed by atoms with Crippen LogP contribution in [0.1, 0.15) is 34.3 Å². The van der Waals surface area contributed by atoms with Crippen LogP contribution in [0.25, 0.3) is 0 Å². The lowest BCUT2D eigenvalue weighted by Gasteiger charge is -2.20. The first-order valence-corrected chi connectivity index (χ1v) is 10.2. The normalized spacial score (nSPS) is 15.1. The van der Waals surface area contributed by atoms with Crippen molar-refractivity contribution in [2.45, 2.75) is 24.8 Å². The summed E-state index contributed by atoms with van der Waals surface area (Å²) in [5, 5.41) is 6.83. The summed E-state index contributed by atoms with van der Waals surface area (Å²) in [6.07, 6.45) is 2.36. The molecule has 2 N–H and O–H groups in total. The van der Waals surface area contributed by atoms with Crippen molar-refractivity contribution in [1.82, 2.24) is 15.5 Å². The second-order valence-corrected chi connectivity index (χ2v) is 8.29. The Morgan fingerprint density at radius 3 is 2.36 bits per heavy atom. The van der Waals surface area contributed by atoms with Crippen LogP contribution < -0.4 is 10.6 Å². The number of nitrogens with zero attached hydrogens (tertiary/aromatic N) is 2. The predicted octanol–water partition coefficient (Wildman–Crippen LogP) is 3.55. The van der Waals surface area contributed by atoms with Gasteiger partial charge in [-0.05, 0) is 42.2 Å². The molecule has 2 aromatic rings. The molecular weight excluding hydrogens is 416 g/mol. The first-order chi connectivity index (χ1) is 13.4. The second-order valence-electron chi connectivity index (χ2n) is 7.44. The Labute approximate surface area is 175 Å². The Hall–Kier alpha value is -2.34. The summed E-state index contributed by atoms with van der Waals surface area (Å²) in [7, 11) is 5.30. The Morgan fingerprint density at radius 1 is 1.11 bits per heavy atom. The number of guanidine groups is 1. The van der Waals surface area contributed by atoms with E-state index in [0.717, 1.165) is 18.1 Å². The van der Waals surface area contributed by atoms with Crippen molar-refractivity contribution >= 4 is 27.8 Å². The molecule has 0 unspecified atom stereocenters. The summed E-state index contributed by atoms with van der Waals surface area (Å²) in [6.45, 7) is 1.50. The third-order valence-electron chi connectivity index (χ3n) is 5.18. The lowest BCUT2D eigenvalue weighted by Crippen LogP contribution is -2.41. The molecule has 2 aromatic carbocycles. The summed E-state index contributed by atoms with van der Waals surface area (Å²) in [6, 6.07) is 16.1. The highest BCUT2D eigenvalue weighted by Gasteiger charge is 2.45. The van der Waals surface area contributed by atoms with E-state index in [4.69, 9.17) is 0 Å². The zero-order valence-corrected chi connectivity index (χ0v) is 18.2. The number of benzene rings is 2. The molecule has 5 nitrogen and oxygen atoms in total. The zero-order chi connectivity index (χ0) is 20.1. The van der Waals surface area contributed by atoms with Crippen LogP contribution in [0.4, 0.5) is 0 Å². The molecule has 0 atom stereocenters. The van der Waals surface area contributed by atoms with Gasteiger partial charge in [-0.25, -0.2) is 0 Å². The third kappa shape index (κ3) is 4.73. The maximum Gasteiger partial charge on any atom is 0.253 e. The highest BCUT2D eigenvalue weighted by molar-refractivity contribution is 9.10. The molecule has 1 amide bonds. The van der Waals surface area contributed by atoms with Gasteiger partial charge in [0.1, 0.15) is 0 Å². The molecule has 148 valence electrons. The fourth-order valence-corrected chi connectivity index (χ4v) is 3.97. The molecule has 28 heavy (non-hydrogen) atoms. The number of carbonyl (C=O) groups is 1. The minimum Gasteiger partial charge on any atom is -0.356 e. The number of carbonyl (C=O) groups excluding carboxylic acids is 1. The highest BCUT2D eigenvalue weighted by atomic mass is 79.9. The van der Waals surface area contributed by atoms with Crippen LogP contribution in [0.15, 0.2) is 58.0 Å². The molecular formula is C22H27BrN4O. The van der Waals surface area contributed by atoms with Crippen LogP contribution >= 0.6 is 15.9 Å². The number of halogens is 1. The summed E-state index contributed by atoms with van der Waals surface area (Å²) in [5.74, 6) is 0.797. The van der Waals surface area contributed by atoms with E-state index in [0.29, 0.717) is 12.1 Å². The first kappa shape index (κ1) is 20.4. The quantitative estimate of drug-likeness (QED) is 0.531. The maximum absolute atomic E-state index is 12.0. The van der Waals surface area contributed by atoms with Gasteiger partial charge in [0.25, 0.3) is 5.91 Å². The summed E-state index contributed by atoms with van der Waals surface area (Å²) in [5.41, 5.74) is 3.34. The van der Waals surface area contributed by atoms with Crippen molar-refractivity contribution in [3.05, 3.63) is 69.7 Å². The minimum absolute atomic E-state index is 0.0128. The molecule has 0 spiro atoms. The molecule has 0 aromatic heterocycles. The number of hydrogen-bond donors (Lipinski definition) is 2. The number of hydrogen-bond acceptors (Lipinski definition) is 2. The molecule has 1 saturated carbocycles. The van der Waals surface area contributed by atoms with Gasteiger partial charge >= 0.3 is 0 Å². The van der Waals surface area contributed by atoms with Crippen molar-refractivity contribution in [2.75, 3.05) is 27.7 Å². The molecule has 1 aliphatic carbocycles. The fourth-order valence-electron chi connectivity index (χ4n) is 3.27. The molecule has 6 heteroatoms. The van der Waals surface area contributed by atoms with Crippen molar-refractivity contribution in [2.24, 2.45) is 4.99 Å². The molecule has 0 saturated heterocycles. The monoisotopic (exact) mass is 442 g/mol. The largest absolute Gasteiger partial charge is 0.356 e. The van der Waals surface area contributed by atoms with Crippen LogP contribution in [-0.4, -0.2) is 44.5 Å². The number of rotatable bonds is 6. The highest BCUT2D eigenvalue weighted by Crippen LogP contribution is 2.49. The van der Waals surface area contributed by atoms with Crippen LogP contribution in [0.5, 0.6) is 0 Å². The van der Waals surface area contributed by atoms with Gasteiger partial charge in [-0.1, -0.05) is 46.3 Å². The standard InChI is InChI=1S/C22H27BrN4O/c1-24-21(25-14-16-8-10-17(11-9-16)20(28)27(2)3)26-15-22(12-13-22)18-6-4-5-7-19(18)23/h4-11H,12-15H2,1-3H3,(H2,24,25,26). The SMILES string of the molecule is CN=C(NCc1ccc(C(=O)N(C)C)cc1)NCC1(c2ccccc2Br)CC1. The Bertz CT molecular complexity index is 857. The van der Waals surface area contributed by atoms with E-state index in [9.17, 15) is 4.79 Å². The van der Waals surface area contributed by atoms with Crippen molar-refractivity contribution in [3.63, 3.8) is 0 Å². The van der Waals surface area contributed by atoms with E-state index >= 15 is 0 Å². The average molecular weight is 443 g/mol. The predicted molar refractivity (Wildman–Crippen MR) is 118 cm³/mol. The van der Waals surface area contributed by atoms with Crippen LogP contribution in [0.2, 0.25) is 0 Å². The van der Waals surface area contributed by atoms with E-state index in [1.165, 1.54) is 22.9 Å². The molecule has 1 aliphatic rings. The molecule has 0 bridgehead atoms. The molecule has 0 heterocycles. The van der Waals surface area contributed by atoms with E-state index in [-0.39, 0.29) is 11.3 Å². The number of aliphatic imine (C=N–C) groups is 1. The third-order valence-corrected chi connectivity index (χ3v) is 5.88. The average Bonchev–Trinajstić information content (AvgIpc) is 3.49. The number of amides is 1. The zero-order valence-electron chi connectivity index (χ0n) is 16.6. The van der Waals surface area contributed by atoms with Crippen molar-refractivity contribution in [1.29, 1.82) is 0 Å². The lowest BCUT2D eigenvalue weighted by molar-refractivity contribution is 0.0827. The van der Waals surface area contributed by atoms with E-state index in [2.05, 4.69) is 55.8 Å². The van der Waals surface area contributed by atoms with Crippen molar-refractivity contribution in [3.8, 4) is 0 Å². The maximum atomic E-state index is 12.0. The van der Waals surface area contributed by atoms with Gasteiger partial charge in [-0.2, -0.15) is 0 Å². The Balaban J connectivity index is 1.54. The number of nitrogens with one attached hydrogen (secondary N) is 2. The lowest BCUT2D eigenvalue weighted by atomic mass is 9.96.